The van der Waals surface area contributed by atoms with Crippen LogP contribution in [0.5, 0.6) is 5.75 Å². The standard InChI is InChI=1S/C25H26BrN3O5S2/c1-16-5-7-20(8-6-16)36(31,32)29-19(12-27-24(30)34-25(2,3)4)9-17-10-21(26)23(11-22(17)29)33-13-18-14-35-15-28-18/h5-11,14-15H,12-13H2,1-4H3,(H,27,30). The van der Waals surface area contributed by atoms with Gasteiger partial charge in [0.25, 0.3) is 10.0 Å². The quantitative estimate of drug-likeness (QED) is 0.282. The van der Waals surface area contributed by atoms with Crippen molar-refractivity contribution in [3.05, 3.63) is 74.8 Å². The van der Waals surface area contributed by atoms with E-state index in [9.17, 15) is 13.2 Å². The van der Waals surface area contributed by atoms with Crippen LogP contribution in [0.4, 0.5) is 4.79 Å². The molecule has 36 heavy (non-hydrogen) atoms. The number of halogens is 1. The molecule has 8 nitrogen and oxygen atoms in total. The van der Waals surface area contributed by atoms with Gasteiger partial charge in [-0.2, -0.15) is 0 Å². The summed E-state index contributed by atoms with van der Waals surface area (Å²) in [7, 11) is -4.00. The van der Waals surface area contributed by atoms with Crippen molar-refractivity contribution in [2.75, 3.05) is 0 Å². The molecule has 1 amide bonds. The lowest BCUT2D eigenvalue weighted by atomic mass is 10.2. The molecule has 0 aliphatic heterocycles. The van der Waals surface area contributed by atoms with Crippen LogP contribution in [0, 0.1) is 6.92 Å². The van der Waals surface area contributed by atoms with Gasteiger partial charge >= 0.3 is 6.09 Å². The predicted molar refractivity (Wildman–Crippen MR) is 143 cm³/mol. The van der Waals surface area contributed by atoms with Gasteiger partial charge in [-0.25, -0.2) is 22.2 Å². The molecule has 0 saturated carbocycles. The first-order valence-corrected chi connectivity index (χ1v) is 14.2. The van der Waals surface area contributed by atoms with Crippen LogP contribution in [-0.4, -0.2) is 29.1 Å². The normalized spacial score (nSPS) is 12.0. The maximum Gasteiger partial charge on any atom is 0.407 e. The molecule has 1 N–H and O–H groups in total. The molecule has 4 aromatic rings. The molecule has 0 aliphatic carbocycles. The lowest BCUT2D eigenvalue weighted by Crippen LogP contribution is -2.33. The Balaban J connectivity index is 1.78. The molecule has 0 saturated heterocycles. The molecule has 4 rings (SSSR count). The average molecular weight is 593 g/mol. The number of carbonyl (C=O) groups excluding carboxylic acids is 1. The number of aromatic nitrogens is 2. The minimum absolute atomic E-state index is 0.0542. The summed E-state index contributed by atoms with van der Waals surface area (Å²) in [5, 5.41) is 5.22. The number of hydrogen-bond donors (Lipinski definition) is 1. The Hall–Kier alpha value is -2.89. The third-order valence-electron chi connectivity index (χ3n) is 5.11. The van der Waals surface area contributed by atoms with Gasteiger partial charge < -0.3 is 14.8 Å². The molecule has 2 aromatic carbocycles. The monoisotopic (exact) mass is 591 g/mol. The zero-order valence-corrected chi connectivity index (χ0v) is 23.5. The van der Waals surface area contributed by atoms with Crippen LogP contribution in [-0.2, 0) is 27.9 Å². The molecule has 11 heteroatoms. The molecule has 0 radical (unpaired) electrons. The van der Waals surface area contributed by atoms with E-state index in [1.807, 2.05) is 12.3 Å². The Morgan fingerprint density at radius 1 is 1.17 bits per heavy atom. The number of carbonyl (C=O) groups is 1. The molecule has 0 spiro atoms. The summed E-state index contributed by atoms with van der Waals surface area (Å²) >= 11 is 4.99. The minimum atomic E-state index is -4.00. The molecule has 0 fully saturated rings. The van der Waals surface area contributed by atoms with Crippen molar-refractivity contribution in [2.45, 2.75) is 51.3 Å². The molecule has 190 valence electrons. The highest BCUT2D eigenvalue weighted by molar-refractivity contribution is 9.10. The van der Waals surface area contributed by atoms with Gasteiger partial charge in [-0.05, 0) is 67.9 Å². The van der Waals surface area contributed by atoms with Crippen molar-refractivity contribution in [1.29, 1.82) is 0 Å². The number of ether oxygens (including phenoxy) is 2. The van der Waals surface area contributed by atoms with Crippen molar-refractivity contribution in [1.82, 2.24) is 14.3 Å². The molecule has 2 heterocycles. The van der Waals surface area contributed by atoms with Crippen molar-refractivity contribution in [3.63, 3.8) is 0 Å². The van der Waals surface area contributed by atoms with E-state index in [1.54, 1.807) is 68.7 Å². The van der Waals surface area contributed by atoms with E-state index in [1.165, 1.54) is 15.3 Å². The van der Waals surface area contributed by atoms with Crippen molar-refractivity contribution in [3.8, 4) is 5.75 Å². The third kappa shape index (κ3) is 5.91. The number of aryl methyl sites for hydroxylation is 1. The summed E-state index contributed by atoms with van der Waals surface area (Å²) < 4.78 is 40.8. The lowest BCUT2D eigenvalue weighted by Gasteiger charge is -2.20. The van der Waals surface area contributed by atoms with Crippen LogP contribution < -0.4 is 10.1 Å². The number of alkyl carbamates (subject to hydrolysis) is 1. The van der Waals surface area contributed by atoms with Crippen LogP contribution in [0.1, 0.15) is 37.7 Å². The second-order valence-electron chi connectivity index (χ2n) is 9.18. The number of amides is 1. The first-order valence-electron chi connectivity index (χ1n) is 11.1. The fraction of sp³-hybridized carbons (Fsp3) is 0.280. The number of benzene rings is 2. The molecular weight excluding hydrogens is 566 g/mol. The second kappa shape index (κ2) is 10.2. The Bertz CT molecular complexity index is 1490. The topological polar surface area (TPSA) is 99.5 Å². The Morgan fingerprint density at radius 2 is 1.89 bits per heavy atom. The number of rotatable bonds is 7. The van der Waals surface area contributed by atoms with Gasteiger partial charge in [0.1, 0.15) is 18.0 Å². The van der Waals surface area contributed by atoms with Gasteiger partial charge in [-0.15, -0.1) is 11.3 Å². The van der Waals surface area contributed by atoms with Crippen LogP contribution in [0.25, 0.3) is 10.9 Å². The minimum Gasteiger partial charge on any atom is -0.486 e. The van der Waals surface area contributed by atoms with E-state index in [2.05, 4.69) is 26.2 Å². The van der Waals surface area contributed by atoms with Crippen molar-refractivity contribution < 1.29 is 22.7 Å². The summed E-state index contributed by atoms with van der Waals surface area (Å²) in [6, 6.07) is 11.8. The molecule has 0 unspecified atom stereocenters. The zero-order chi connectivity index (χ0) is 26.1. The number of nitrogens with zero attached hydrogens (tertiary/aromatic N) is 2. The maximum absolute atomic E-state index is 13.8. The zero-order valence-electron chi connectivity index (χ0n) is 20.2. The maximum atomic E-state index is 13.8. The van der Waals surface area contributed by atoms with Crippen LogP contribution in [0.2, 0.25) is 0 Å². The first-order chi connectivity index (χ1) is 16.9. The Labute approximate surface area is 222 Å². The summed E-state index contributed by atoms with van der Waals surface area (Å²) in [6.45, 7) is 7.36. The summed E-state index contributed by atoms with van der Waals surface area (Å²) in [5.74, 6) is 0.473. The summed E-state index contributed by atoms with van der Waals surface area (Å²) in [4.78, 5) is 16.7. The van der Waals surface area contributed by atoms with Gasteiger partial charge in [0.15, 0.2) is 0 Å². The summed E-state index contributed by atoms with van der Waals surface area (Å²) in [6.07, 6.45) is -0.638. The van der Waals surface area contributed by atoms with Gasteiger partial charge in [-0.1, -0.05) is 17.7 Å². The molecule has 0 atom stereocenters. The van der Waals surface area contributed by atoms with E-state index in [0.29, 0.717) is 26.8 Å². The molecule has 0 aliphatic rings. The third-order valence-corrected chi connectivity index (χ3v) is 8.15. The smallest absolute Gasteiger partial charge is 0.407 e. The first kappa shape index (κ1) is 26.2. The predicted octanol–water partition coefficient (Wildman–Crippen LogP) is 6.01. The van der Waals surface area contributed by atoms with E-state index in [-0.39, 0.29) is 18.0 Å². The number of thiazole rings is 1. The van der Waals surface area contributed by atoms with E-state index in [4.69, 9.17) is 9.47 Å². The fourth-order valence-electron chi connectivity index (χ4n) is 3.51. The van der Waals surface area contributed by atoms with Gasteiger partial charge in [0.2, 0.25) is 0 Å². The highest BCUT2D eigenvalue weighted by atomic mass is 79.9. The van der Waals surface area contributed by atoms with Gasteiger partial charge in [0.05, 0.1) is 38.3 Å². The van der Waals surface area contributed by atoms with Crippen molar-refractivity contribution >= 4 is 54.3 Å². The largest absolute Gasteiger partial charge is 0.486 e. The average Bonchev–Trinajstić information content (AvgIpc) is 3.43. The van der Waals surface area contributed by atoms with Gasteiger partial charge in [0, 0.05) is 16.8 Å². The van der Waals surface area contributed by atoms with Gasteiger partial charge in [-0.3, -0.25) is 0 Å². The van der Waals surface area contributed by atoms with E-state index in [0.717, 1.165) is 11.3 Å². The fourth-order valence-corrected chi connectivity index (χ4v) is 6.07. The Kier molecular flexibility index (Phi) is 7.44. The number of fused-ring (bicyclic) bond motifs is 1. The second-order valence-corrected chi connectivity index (χ2v) is 12.5. The number of nitrogens with one attached hydrogen (secondary N) is 1. The van der Waals surface area contributed by atoms with E-state index >= 15 is 0 Å². The molecule has 2 aromatic heterocycles. The highest BCUT2D eigenvalue weighted by Gasteiger charge is 2.25. The van der Waals surface area contributed by atoms with E-state index < -0.39 is 21.7 Å². The Morgan fingerprint density at radius 3 is 2.53 bits per heavy atom. The van der Waals surface area contributed by atoms with Crippen LogP contribution >= 0.6 is 27.3 Å². The van der Waals surface area contributed by atoms with Crippen LogP contribution in [0.3, 0.4) is 0 Å². The number of hydrogen-bond acceptors (Lipinski definition) is 7. The SMILES string of the molecule is Cc1ccc(S(=O)(=O)n2c(CNC(=O)OC(C)(C)C)cc3cc(Br)c(OCc4cscn4)cc32)cc1. The molecule has 0 bridgehead atoms. The highest BCUT2D eigenvalue weighted by Crippen LogP contribution is 2.35. The lowest BCUT2D eigenvalue weighted by molar-refractivity contribution is 0.0522. The summed E-state index contributed by atoms with van der Waals surface area (Å²) in [5.41, 5.74) is 3.56. The van der Waals surface area contributed by atoms with Crippen LogP contribution in [0.15, 0.2) is 62.7 Å². The molecular formula is C25H26BrN3O5S2. The van der Waals surface area contributed by atoms with Crippen molar-refractivity contribution in [2.24, 2.45) is 0 Å².